The van der Waals surface area contributed by atoms with E-state index in [-0.39, 0.29) is 5.91 Å². The monoisotopic (exact) mass is 379 g/mol. The Morgan fingerprint density at radius 2 is 1.96 bits per heavy atom. The van der Waals surface area contributed by atoms with Crippen molar-refractivity contribution in [3.8, 4) is 5.69 Å². The van der Waals surface area contributed by atoms with Gasteiger partial charge >= 0.3 is 0 Å². The molecule has 27 heavy (non-hydrogen) atoms. The van der Waals surface area contributed by atoms with Gasteiger partial charge in [-0.2, -0.15) is 5.10 Å². The van der Waals surface area contributed by atoms with Gasteiger partial charge in [0.1, 0.15) is 6.54 Å². The largest absolute Gasteiger partial charge is 0.328 e. The Labute approximate surface area is 163 Å². The zero-order valence-electron chi connectivity index (χ0n) is 15.1. The first-order chi connectivity index (χ1) is 13.3. The first-order valence-electron chi connectivity index (χ1n) is 9.21. The number of amides is 1. The Morgan fingerprint density at radius 1 is 1.15 bits per heavy atom. The summed E-state index contributed by atoms with van der Waals surface area (Å²) in [5, 5.41) is 6.48. The molecule has 1 amide bonds. The predicted octanol–water partition coefficient (Wildman–Crippen LogP) is 1.87. The third-order valence-electron chi connectivity index (χ3n) is 4.83. The van der Waals surface area contributed by atoms with Crippen LogP contribution in [0.2, 0.25) is 0 Å². The Balaban J connectivity index is 1.30. The highest BCUT2D eigenvalue weighted by Crippen LogP contribution is 2.09. The fourth-order valence-electron chi connectivity index (χ4n) is 3.30. The minimum Gasteiger partial charge on any atom is -0.328 e. The molecular formula is C21H23N4OS+. The Bertz CT molecular complexity index is 893. The van der Waals surface area contributed by atoms with Crippen molar-refractivity contribution >= 4 is 23.3 Å². The first kappa shape index (κ1) is 17.7. The normalized spacial score (nSPS) is 15.5. The van der Waals surface area contributed by atoms with E-state index in [0.29, 0.717) is 0 Å². The molecule has 6 heteroatoms. The van der Waals surface area contributed by atoms with Crippen LogP contribution in [0.1, 0.15) is 10.4 Å². The highest BCUT2D eigenvalue weighted by atomic mass is 32.1. The fourth-order valence-corrected chi connectivity index (χ4v) is 4.07. The second-order valence-corrected chi connectivity index (χ2v) is 7.75. The van der Waals surface area contributed by atoms with Crippen LogP contribution in [0.3, 0.4) is 0 Å². The number of nitrogens with zero attached hydrogens (tertiary/aromatic N) is 3. The summed E-state index contributed by atoms with van der Waals surface area (Å²) in [5.74, 6) is 0.0811. The number of nitrogens with one attached hydrogen (secondary N) is 1. The van der Waals surface area contributed by atoms with Gasteiger partial charge in [-0.1, -0.05) is 24.3 Å². The zero-order chi connectivity index (χ0) is 18.5. The number of hydrogen-bond acceptors (Lipinski definition) is 3. The van der Waals surface area contributed by atoms with Crippen molar-refractivity contribution in [3.63, 3.8) is 0 Å². The number of piperazine rings is 1. The maximum atomic E-state index is 12.5. The van der Waals surface area contributed by atoms with Gasteiger partial charge < -0.3 is 9.80 Å². The molecule has 1 fully saturated rings. The highest BCUT2D eigenvalue weighted by Gasteiger charge is 2.22. The average Bonchev–Trinajstić information content (AvgIpc) is 3.39. The number of benzene rings is 1. The minimum atomic E-state index is 0.0811. The van der Waals surface area contributed by atoms with Crippen LogP contribution < -0.4 is 4.90 Å². The third kappa shape index (κ3) is 4.53. The maximum absolute atomic E-state index is 12.5. The minimum absolute atomic E-state index is 0.0811. The molecule has 138 valence electrons. The van der Waals surface area contributed by atoms with Crippen LogP contribution in [-0.2, 0) is 11.3 Å². The van der Waals surface area contributed by atoms with Crippen molar-refractivity contribution in [3.05, 3.63) is 76.8 Å². The molecule has 5 nitrogen and oxygen atoms in total. The number of carbonyl (C=O) groups is 1. The number of rotatable bonds is 5. The molecule has 0 atom stereocenters. The van der Waals surface area contributed by atoms with E-state index in [1.807, 2.05) is 63.5 Å². The first-order valence-corrected chi connectivity index (χ1v) is 10.1. The quantitative estimate of drug-likeness (QED) is 0.688. The van der Waals surface area contributed by atoms with Crippen LogP contribution in [0, 0.1) is 0 Å². The van der Waals surface area contributed by atoms with E-state index in [4.69, 9.17) is 0 Å². The molecule has 1 aromatic carbocycles. The lowest BCUT2D eigenvalue weighted by molar-refractivity contribution is -0.917. The van der Waals surface area contributed by atoms with Crippen LogP contribution in [0.4, 0.5) is 0 Å². The average molecular weight is 380 g/mol. The molecule has 3 heterocycles. The zero-order valence-corrected chi connectivity index (χ0v) is 15.9. The van der Waals surface area contributed by atoms with Crippen LogP contribution in [0.5, 0.6) is 0 Å². The lowest BCUT2D eigenvalue weighted by Crippen LogP contribution is -3.13. The van der Waals surface area contributed by atoms with E-state index in [0.717, 1.165) is 44.0 Å². The summed E-state index contributed by atoms with van der Waals surface area (Å²) in [6.45, 7) is 4.70. The van der Waals surface area contributed by atoms with Gasteiger partial charge in [-0.25, -0.2) is 4.68 Å². The Hall–Kier alpha value is -2.70. The van der Waals surface area contributed by atoms with Crippen molar-refractivity contribution < 1.29 is 9.69 Å². The molecule has 0 saturated carbocycles. The van der Waals surface area contributed by atoms with Crippen molar-refractivity contribution in [2.75, 3.05) is 26.2 Å². The molecule has 3 aromatic rings. The molecule has 0 spiro atoms. The summed E-state index contributed by atoms with van der Waals surface area (Å²) >= 11 is 1.81. The number of thiophene rings is 1. The number of para-hydroxylation sites is 1. The van der Waals surface area contributed by atoms with Crippen LogP contribution in [0.25, 0.3) is 11.8 Å². The summed E-state index contributed by atoms with van der Waals surface area (Å²) < 4.78 is 1.82. The van der Waals surface area contributed by atoms with Crippen LogP contribution >= 0.6 is 11.3 Å². The molecule has 1 saturated heterocycles. The third-order valence-corrected chi connectivity index (χ3v) is 5.70. The predicted molar refractivity (Wildman–Crippen MR) is 108 cm³/mol. The molecule has 1 aliphatic rings. The lowest BCUT2D eigenvalue weighted by atomic mass is 10.2. The van der Waals surface area contributed by atoms with Gasteiger partial charge in [0.2, 0.25) is 5.91 Å². The molecule has 4 rings (SSSR count). The molecule has 1 aliphatic heterocycles. The van der Waals surface area contributed by atoms with Gasteiger partial charge in [-0.05, 0) is 29.7 Å². The van der Waals surface area contributed by atoms with E-state index < -0.39 is 0 Å². The summed E-state index contributed by atoms with van der Waals surface area (Å²) in [4.78, 5) is 17.4. The second kappa shape index (κ2) is 8.33. The van der Waals surface area contributed by atoms with E-state index in [1.54, 1.807) is 17.2 Å². The maximum Gasteiger partial charge on any atom is 0.246 e. The summed E-state index contributed by atoms with van der Waals surface area (Å²) in [6.07, 6.45) is 7.22. The number of carbonyl (C=O) groups excluding carboxylic acids is 1. The van der Waals surface area contributed by atoms with Crippen LogP contribution in [0.15, 0.2) is 66.3 Å². The molecule has 0 aliphatic carbocycles. The number of quaternary nitrogens is 1. The van der Waals surface area contributed by atoms with Crippen LogP contribution in [-0.4, -0.2) is 46.8 Å². The second-order valence-electron chi connectivity index (χ2n) is 6.72. The van der Waals surface area contributed by atoms with Gasteiger partial charge in [-0.15, -0.1) is 11.3 Å². The number of hydrogen-bond donors (Lipinski definition) is 1. The Kier molecular flexibility index (Phi) is 5.46. The topological polar surface area (TPSA) is 42.6 Å². The standard InChI is InChI=1S/C21H22N4OS/c26-21(24-12-10-23(11-13-24)17-20-7-4-14-27-20)9-8-18-15-22-25(16-18)19-5-2-1-3-6-19/h1-9,14-16H,10-13,17H2/p+1/b9-8+. The van der Waals surface area contributed by atoms with E-state index in [1.165, 1.54) is 4.88 Å². The SMILES string of the molecule is O=C(/C=C/c1cnn(-c2ccccc2)c1)N1CC[NH+](Cc2cccs2)CC1. The molecule has 0 bridgehead atoms. The van der Waals surface area contributed by atoms with Gasteiger partial charge in [0.15, 0.2) is 0 Å². The molecule has 2 aromatic heterocycles. The van der Waals surface area contributed by atoms with Gasteiger partial charge in [0.25, 0.3) is 0 Å². The summed E-state index contributed by atoms with van der Waals surface area (Å²) in [6, 6.07) is 14.2. The summed E-state index contributed by atoms with van der Waals surface area (Å²) in [5.41, 5.74) is 1.93. The van der Waals surface area contributed by atoms with Crippen molar-refractivity contribution in [2.45, 2.75) is 6.54 Å². The molecule has 0 unspecified atom stereocenters. The van der Waals surface area contributed by atoms with E-state index in [9.17, 15) is 4.79 Å². The van der Waals surface area contributed by atoms with Gasteiger partial charge in [0.05, 0.1) is 42.9 Å². The van der Waals surface area contributed by atoms with Gasteiger partial charge in [0, 0.05) is 17.8 Å². The summed E-state index contributed by atoms with van der Waals surface area (Å²) in [7, 11) is 0. The smallest absolute Gasteiger partial charge is 0.246 e. The Morgan fingerprint density at radius 3 is 2.70 bits per heavy atom. The van der Waals surface area contributed by atoms with Crippen molar-refractivity contribution in [1.29, 1.82) is 0 Å². The lowest BCUT2D eigenvalue weighted by Gasteiger charge is -2.31. The van der Waals surface area contributed by atoms with Gasteiger partial charge in [-0.3, -0.25) is 4.79 Å². The number of aromatic nitrogens is 2. The molecule has 0 radical (unpaired) electrons. The van der Waals surface area contributed by atoms with Crippen molar-refractivity contribution in [1.82, 2.24) is 14.7 Å². The fraction of sp³-hybridized carbons (Fsp3) is 0.238. The highest BCUT2D eigenvalue weighted by molar-refractivity contribution is 7.09. The van der Waals surface area contributed by atoms with E-state index in [2.05, 4.69) is 22.6 Å². The van der Waals surface area contributed by atoms with E-state index >= 15 is 0 Å². The molecular weight excluding hydrogens is 356 g/mol. The van der Waals surface area contributed by atoms with Crippen molar-refractivity contribution in [2.24, 2.45) is 0 Å². The molecule has 1 N–H and O–H groups in total.